The van der Waals surface area contributed by atoms with Crippen molar-refractivity contribution >= 4 is 21.7 Å². The van der Waals surface area contributed by atoms with Crippen LogP contribution in [-0.2, 0) is 10.0 Å². The van der Waals surface area contributed by atoms with Crippen LogP contribution in [0.3, 0.4) is 0 Å². The van der Waals surface area contributed by atoms with Crippen molar-refractivity contribution in [2.75, 3.05) is 18.5 Å². The van der Waals surface area contributed by atoms with Gasteiger partial charge < -0.3 is 9.84 Å². The van der Waals surface area contributed by atoms with Crippen LogP contribution in [0.2, 0.25) is 0 Å². The van der Waals surface area contributed by atoms with Gasteiger partial charge in [-0.1, -0.05) is 12.1 Å². The van der Waals surface area contributed by atoms with Gasteiger partial charge in [-0.25, -0.2) is 13.2 Å². The molecule has 0 spiro atoms. The van der Waals surface area contributed by atoms with E-state index < -0.39 is 16.0 Å². The number of carbonyl (C=O) groups is 1. The monoisotopic (exact) mass is 335 g/mol. The van der Waals surface area contributed by atoms with Gasteiger partial charge in [-0.2, -0.15) is 0 Å². The lowest BCUT2D eigenvalue weighted by molar-refractivity contribution is 0.0696. The van der Waals surface area contributed by atoms with Crippen LogP contribution >= 0.6 is 0 Å². The van der Waals surface area contributed by atoms with Crippen LogP contribution in [0.15, 0.2) is 47.4 Å². The molecule has 0 saturated carbocycles. The number of nitrogens with zero attached hydrogens (tertiary/aromatic N) is 1. The molecule has 122 valence electrons. The molecule has 0 saturated heterocycles. The topological polar surface area (TPSA) is 83.9 Å². The van der Waals surface area contributed by atoms with Crippen molar-refractivity contribution in [2.24, 2.45) is 0 Å². The molecule has 0 heterocycles. The van der Waals surface area contributed by atoms with Gasteiger partial charge in [0.2, 0.25) is 0 Å². The fourth-order valence-corrected chi connectivity index (χ4v) is 3.49. The number of hydrogen-bond donors (Lipinski definition) is 1. The molecule has 0 unspecified atom stereocenters. The average molecular weight is 335 g/mol. The molecule has 7 heteroatoms. The van der Waals surface area contributed by atoms with E-state index in [4.69, 9.17) is 9.84 Å². The lowest BCUT2D eigenvalue weighted by atomic mass is 10.2. The molecule has 0 radical (unpaired) electrons. The maximum absolute atomic E-state index is 12.9. The van der Waals surface area contributed by atoms with E-state index in [1.165, 1.54) is 26.3 Å². The van der Waals surface area contributed by atoms with E-state index in [-0.39, 0.29) is 16.2 Å². The van der Waals surface area contributed by atoms with Gasteiger partial charge in [0, 0.05) is 7.05 Å². The third-order valence-electron chi connectivity index (χ3n) is 3.41. The van der Waals surface area contributed by atoms with Crippen molar-refractivity contribution in [3.63, 3.8) is 0 Å². The molecule has 2 rings (SSSR count). The van der Waals surface area contributed by atoms with Gasteiger partial charge in [-0.15, -0.1) is 0 Å². The Morgan fingerprint density at radius 2 is 1.87 bits per heavy atom. The summed E-state index contributed by atoms with van der Waals surface area (Å²) in [6.07, 6.45) is 0. The number of methoxy groups -OCH3 is 1. The summed E-state index contributed by atoms with van der Waals surface area (Å²) in [5, 5.41) is 9.08. The van der Waals surface area contributed by atoms with E-state index in [0.29, 0.717) is 5.69 Å². The lowest BCUT2D eigenvalue weighted by Gasteiger charge is -2.21. The molecule has 0 atom stereocenters. The van der Waals surface area contributed by atoms with Crippen LogP contribution in [0.4, 0.5) is 5.69 Å². The standard InChI is InChI=1S/C16H17NO5S/c1-11-5-4-6-13(9-11)17(2)23(20,21)15-10-12(16(18)19)7-8-14(15)22-3/h4-10H,1-3H3,(H,18,19). The van der Waals surface area contributed by atoms with Gasteiger partial charge in [0.15, 0.2) is 0 Å². The predicted molar refractivity (Wildman–Crippen MR) is 86.7 cm³/mol. The third kappa shape index (κ3) is 3.29. The van der Waals surface area contributed by atoms with E-state index in [1.807, 2.05) is 13.0 Å². The number of carboxylic acid groups (broad SMARTS) is 1. The Labute approximate surface area is 135 Å². The third-order valence-corrected chi connectivity index (χ3v) is 5.22. The predicted octanol–water partition coefficient (Wildman–Crippen LogP) is 2.53. The second-order valence-corrected chi connectivity index (χ2v) is 6.92. The zero-order valence-electron chi connectivity index (χ0n) is 13.0. The summed E-state index contributed by atoms with van der Waals surface area (Å²) in [5.41, 5.74) is 1.27. The van der Waals surface area contributed by atoms with Gasteiger partial charge in [0.05, 0.1) is 18.4 Å². The molecular weight excluding hydrogens is 318 g/mol. The van der Waals surface area contributed by atoms with Crippen molar-refractivity contribution in [1.29, 1.82) is 0 Å². The first-order chi connectivity index (χ1) is 10.8. The minimum absolute atomic E-state index is 0.0921. The van der Waals surface area contributed by atoms with Gasteiger partial charge >= 0.3 is 5.97 Å². The van der Waals surface area contributed by atoms with Crippen molar-refractivity contribution in [3.8, 4) is 5.75 Å². The van der Waals surface area contributed by atoms with Gasteiger partial charge in [0.25, 0.3) is 10.0 Å². The number of aryl methyl sites for hydroxylation is 1. The first kappa shape index (κ1) is 16.8. The van der Waals surface area contributed by atoms with Crippen LogP contribution in [0, 0.1) is 6.92 Å². The van der Waals surface area contributed by atoms with E-state index in [1.54, 1.807) is 18.2 Å². The highest BCUT2D eigenvalue weighted by Crippen LogP contribution is 2.30. The molecule has 0 aliphatic heterocycles. The number of aromatic carboxylic acids is 1. The quantitative estimate of drug-likeness (QED) is 0.908. The molecular formula is C16H17NO5S. The van der Waals surface area contributed by atoms with Crippen molar-refractivity contribution in [1.82, 2.24) is 0 Å². The molecule has 0 aliphatic carbocycles. The Bertz CT molecular complexity index is 845. The minimum Gasteiger partial charge on any atom is -0.495 e. The first-order valence-corrected chi connectivity index (χ1v) is 8.18. The Hall–Kier alpha value is -2.54. The number of rotatable bonds is 5. The Kier molecular flexibility index (Phi) is 4.60. The highest BCUT2D eigenvalue weighted by Gasteiger charge is 2.26. The summed E-state index contributed by atoms with van der Waals surface area (Å²) < 4.78 is 31.9. The van der Waals surface area contributed by atoms with Crippen LogP contribution < -0.4 is 9.04 Å². The first-order valence-electron chi connectivity index (χ1n) is 6.74. The molecule has 2 aromatic carbocycles. The van der Waals surface area contributed by atoms with Crippen LogP contribution in [0.1, 0.15) is 15.9 Å². The Balaban J connectivity index is 2.58. The van der Waals surface area contributed by atoms with Crippen LogP contribution in [-0.4, -0.2) is 33.7 Å². The van der Waals surface area contributed by atoms with Gasteiger partial charge in [-0.3, -0.25) is 4.31 Å². The van der Waals surface area contributed by atoms with E-state index in [9.17, 15) is 13.2 Å². The highest BCUT2D eigenvalue weighted by molar-refractivity contribution is 7.92. The van der Waals surface area contributed by atoms with Crippen LogP contribution in [0.5, 0.6) is 5.75 Å². The maximum atomic E-state index is 12.9. The van der Waals surface area contributed by atoms with Crippen molar-refractivity contribution in [2.45, 2.75) is 11.8 Å². The normalized spacial score (nSPS) is 11.1. The fourth-order valence-electron chi connectivity index (χ4n) is 2.12. The van der Waals surface area contributed by atoms with E-state index in [2.05, 4.69) is 0 Å². The second kappa shape index (κ2) is 6.29. The highest BCUT2D eigenvalue weighted by atomic mass is 32.2. The summed E-state index contributed by atoms with van der Waals surface area (Å²) >= 11 is 0. The summed E-state index contributed by atoms with van der Waals surface area (Å²) in [7, 11) is -1.21. The van der Waals surface area contributed by atoms with E-state index in [0.717, 1.165) is 15.9 Å². The SMILES string of the molecule is COc1ccc(C(=O)O)cc1S(=O)(=O)N(C)c1cccc(C)c1. The van der Waals surface area contributed by atoms with Gasteiger partial charge in [-0.05, 0) is 42.8 Å². The Morgan fingerprint density at radius 1 is 1.17 bits per heavy atom. The summed E-state index contributed by atoms with van der Waals surface area (Å²) in [6.45, 7) is 1.86. The molecule has 23 heavy (non-hydrogen) atoms. The van der Waals surface area contributed by atoms with Gasteiger partial charge in [0.1, 0.15) is 10.6 Å². The smallest absolute Gasteiger partial charge is 0.335 e. The van der Waals surface area contributed by atoms with E-state index >= 15 is 0 Å². The number of carboxylic acids is 1. The number of sulfonamides is 1. The molecule has 6 nitrogen and oxygen atoms in total. The fraction of sp³-hybridized carbons (Fsp3) is 0.188. The number of anilines is 1. The molecule has 0 bridgehead atoms. The number of benzene rings is 2. The summed E-state index contributed by atoms with van der Waals surface area (Å²) in [5.74, 6) is -1.11. The molecule has 0 aromatic heterocycles. The zero-order valence-corrected chi connectivity index (χ0v) is 13.8. The summed E-state index contributed by atoms with van der Waals surface area (Å²) in [4.78, 5) is 10.9. The maximum Gasteiger partial charge on any atom is 0.335 e. The average Bonchev–Trinajstić information content (AvgIpc) is 2.53. The molecule has 2 aromatic rings. The van der Waals surface area contributed by atoms with Crippen molar-refractivity contribution < 1.29 is 23.1 Å². The summed E-state index contributed by atoms with van der Waals surface area (Å²) in [6, 6.07) is 10.7. The second-order valence-electron chi connectivity index (χ2n) is 4.98. The molecule has 0 fully saturated rings. The largest absolute Gasteiger partial charge is 0.495 e. The Morgan fingerprint density at radius 3 is 2.43 bits per heavy atom. The lowest BCUT2D eigenvalue weighted by Crippen LogP contribution is -2.27. The molecule has 0 aliphatic rings. The van der Waals surface area contributed by atoms with Crippen molar-refractivity contribution in [3.05, 3.63) is 53.6 Å². The molecule has 0 amide bonds. The zero-order chi connectivity index (χ0) is 17.2. The number of ether oxygens (including phenoxy) is 1. The molecule has 1 N–H and O–H groups in total. The number of hydrogen-bond acceptors (Lipinski definition) is 4. The minimum atomic E-state index is -3.96. The van der Waals surface area contributed by atoms with Crippen LogP contribution in [0.25, 0.3) is 0 Å².